The molecular formula is C11H25NO. The van der Waals surface area contributed by atoms with Crippen LogP contribution < -0.4 is 5.32 Å². The zero-order chi connectivity index (χ0) is 10.1. The van der Waals surface area contributed by atoms with Gasteiger partial charge in [0.2, 0.25) is 0 Å². The van der Waals surface area contributed by atoms with Gasteiger partial charge in [-0.2, -0.15) is 0 Å². The van der Waals surface area contributed by atoms with E-state index in [1.807, 2.05) is 14.0 Å². The molecule has 0 aromatic heterocycles. The molecule has 0 aromatic rings. The molecule has 0 aromatic carbocycles. The zero-order valence-electron chi connectivity index (χ0n) is 9.60. The first-order valence-electron chi connectivity index (χ1n) is 5.49. The molecule has 13 heavy (non-hydrogen) atoms. The Balaban J connectivity index is 3.50. The maximum absolute atomic E-state index is 5.34. The first-order valence-corrected chi connectivity index (χ1v) is 5.49. The van der Waals surface area contributed by atoms with Crippen LogP contribution in [0.5, 0.6) is 0 Å². The highest BCUT2D eigenvalue weighted by Crippen LogP contribution is 2.11. The summed E-state index contributed by atoms with van der Waals surface area (Å²) in [6.07, 6.45) is 3.67. The van der Waals surface area contributed by atoms with E-state index in [9.17, 15) is 0 Å². The van der Waals surface area contributed by atoms with Crippen LogP contribution in [0.15, 0.2) is 0 Å². The molecule has 0 saturated heterocycles. The van der Waals surface area contributed by atoms with Gasteiger partial charge in [-0.1, -0.05) is 20.3 Å². The van der Waals surface area contributed by atoms with Gasteiger partial charge in [0.1, 0.15) is 0 Å². The minimum atomic E-state index is 0.626. The Kier molecular flexibility index (Phi) is 8.46. The summed E-state index contributed by atoms with van der Waals surface area (Å²) >= 11 is 0. The van der Waals surface area contributed by atoms with Gasteiger partial charge >= 0.3 is 0 Å². The van der Waals surface area contributed by atoms with Crippen LogP contribution in [-0.2, 0) is 4.74 Å². The number of ether oxygens (including phenoxy) is 1. The number of hydrogen-bond donors (Lipinski definition) is 1. The van der Waals surface area contributed by atoms with Crippen molar-refractivity contribution in [2.24, 2.45) is 5.92 Å². The molecule has 2 heteroatoms. The monoisotopic (exact) mass is 187 g/mol. The highest BCUT2D eigenvalue weighted by atomic mass is 16.5. The van der Waals surface area contributed by atoms with Gasteiger partial charge in [0, 0.05) is 19.3 Å². The van der Waals surface area contributed by atoms with Crippen LogP contribution in [0.3, 0.4) is 0 Å². The molecule has 0 aliphatic rings. The molecule has 0 spiro atoms. The molecule has 0 aliphatic carbocycles. The summed E-state index contributed by atoms with van der Waals surface area (Å²) in [5.74, 6) is 0.819. The third kappa shape index (κ3) is 7.03. The van der Waals surface area contributed by atoms with E-state index >= 15 is 0 Å². The molecular weight excluding hydrogens is 162 g/mol. The average molecular weight is 187 g/mol. The summed E-state index contributed by atoms with van der Waals surface area (Å²) in [5, 5.41) is 3.35. The first-order chi connectivity index (χ1) is 6.24. The summed E-state index contributed by atoms with van der Waals surface area (Å²) < 4.78 is 5.34. The summed E-state index contributed by atoms with van der Waals surface area (Å²) in [7, 11) is 2.04. The molecule has 0 heterocycles. The lowest BCUT2D eigenvalue weighted by Crippen LogP contribution is -2.28. The topological polar surface area (TPSA) is 21.3 Å². The van der Waals surface area contributed by atoms with Crippen molar-refractivity contribution in [2.75, 3.05) is 20.3 Å². The predicted molar refractivity (Wildman–Crippen MR) is 58.0 cm³/mol. The second-order valence-corrected chi connectivity index (χ2v) is 3.72. The van der Waals surface area contributed by atoms with E-state index in [0.717, 1.165) is 25.6 Å². The van der Waals surface area contributed by atoms with Crippen molar-refractivity contribution in [1.29, 1.82) is 0 Å². The Morgan fingerprint density at radius 1 is 1.31 bits per heavy atom. The van der Waals surface area contributed by atoms with Crippen LogP contribution in [0, 0.1) is 5.92 Å². The molecule has 0 saturated carbocycles. The summed E-state index contributed by atoms with van der Waals surface area (Å²) in [5.41, 5.74) is 0. The Bertz CT molecular complexity index is 106. The first kappa shape index (κ1) is 12.9. The zero-order valence-corrected chi connectivity index (χ0v) is 9.60. The quantitative estimate of drug-likeness (QED) is 0.589. The molecule has 0 fully saturated rings. The summed E-state index contributed by atoms with van der Waals surface area (Å²) in [6.45, 7) is 8.33. The highest BCUT2D eigenvalue weighted by molar-refractivity contribution is 4.67. The number of rotatable bonds is 8. The van der Waals surface area contributed by atoms with Crippen LogP contribution >= 0.6 is 0 Å². The van der Waals surface area contributed by atoms with E-state index in [1.165, 1.54) is 12.8 Å². The maximum Gasteiger partial charge on any atom is 0.0480 e. The standard InChI is InChI=1S/C11H25NO/c1-5-10(3)9-11(12-4)7-8-13-6-2/h10-12H,5-9H2,1-4H3. The third-order valence-corrected chi connectivity index (χ3v) is 2.61. The van der Waals surface area contributed by atoms with E-state index in [4.69, 9.17) is 4.74 Å². The fraction of sp³-hybridized carbons (Fsp3) is 1.00. The molecule has 2 atom stereocenters. The molecule has 0 amide bonds. The van der Waals surface area contributed by atoms with Gasteiger partial charge in [0.25, 0.3) is 0 Å². The van der Waals surface area contributed by atoms with Gasteiger partial charge in [-0.05, 0) is 32.7 Å². The molecule has 2 nitrogen and oxygen atoms in total. The largest absolute Gasteiger partial charge is 0.382 e. The van der Waals surface area contributed by atoms with Crippen LogP contribution in [0.1, 0.15) is 40.0 Å². The number of hydrogen-bond acceptors (Lipinski definition) is 2. The second kappa shape index (κ2) is 8.52. The fourth-order valence-corrected chi connectivity index (χ4v) is 1.40. The van der Waals surface area contributed by atoms with Crippen molar-refractivity contribution in [1.82, 2.24) is 5.32 Å². The van der Waals surface area contributed by atoms with E-state index in [-0.39, 0.29) is 0 Å². The Morgan fingerprint density at radius 3 is 2.46 bits per heavy atom. The SMILES string of the molecule is CCOCCC(CC(C)CC)NC. The molecule has 0 aliphatic heterocycles. The van der Waals surface area contributed by atoms with Crippen molar-refractivity contribution in [2.45, 2.75) is 46.1 Å². The third-order valence-electron chi connectivity index (χ3n) is 2.61. The van der Waals surface area contributed by atoms with Gasteiger partial charge in [-0.15, -0.1) is 0 Å². The Labute approximate surface area is 83.1 Å². The second-order valence-electron chi connectivity index (χ2n) is 3.72. The van der Waals surface area contributed by atoms with E-state index < -0.39 is 0 Å². The molecule has 2 unspecified atom stereocenters. The van der Waals surface area contributed by atoms with E-state index in [2.05, 4.69) is 19.2 Å². The predicted octanol–water partition coefficient (Wildman–Crippen LogP) is 2.44. The van der Waals surface area contributed by atoms with Crippen molar-refractivity contribution in [3.63, 3.8) is 0 Å². The van der Waals surface area contributed by atoms with Crippen LogP contribution in [0.25, 0.3) is 0 Å². The smallest absolute Gasteiger partial charge is 0.0480 e. The van der Waals surface area contributed by atoms with Crippen molar-refractivity contribution >= 4 is 0 Å². The summed E-state index contributed by atoms with van der Waals surface area (Å²) in [6, 6.07) is 0.626. The van der Waals surface area contributed by atoms with Gasteiger partial charge in [-0.3, -0.25) is 0 Å². The van der Waals surface area contributed by atoms with Crippen LogP contribution in [0.4, 0.5) is 0 Å². The fourth-order valence-electron chi connectivity index (χ4n) is 1.40. The molecule has 0 rings (SSSR count). The Morgan fingerprint density at radius 2 is 2.00 bits per heavy atom. The van der Waals surface area contributed by atoms with Crippen LogP contribution in [0.2, 0.25) is 0 Å². The lowest BCUT2D eigenvalue weighted by Gasteiger charge is -2.19. The lowest BCUT2D eigenvalue weighted by molar-refractivity contribution is 0.134. The normalized spacial score (nSPS) is 15.7. The van der Waals surface area contributed by atoms with Gasteiger partial charge in [-0.25, -0.2) is 0 Å². The van der Waals surface area contributed by atoms with Crippen LogP contribution in [-0.4, -0.2) is 26.3 Å². The Hall–Kier alpha value is -0.0800. The molecule has 1 N–H and O–H groups in total. The highest BCUT2D eigenvalue weighted by Gasteiger charge is 2.09. The molecule has 0 bridgehead atoms. The minimum Gasteiger partial charge on any atom is -0.382 e. The molecule has 80 valence electrons. The van der Waals surface area contributed by atoms with Gasteiger partial charge in [0.15, 0.2) is 0 Å². The van der Waals surface area contributed by atoms with Crippen molar-refractivity contribution < 1.29 is 4.74 Å². The lowest BCUT2D eigenvalue weighted by atomic mass is 9.98. The van der Waals surface area contributed by atoms with Crippen molar-refractivity contribution in [3.05, 3.63) is 0 Å². The van der Waals surface area contributed by atoms with Crippen molar-refractivity contribution in [3.8, 4) is 0 Å². The molecule has 0 radical (unpaired) electrons. The van der Waals surface area contributed by atoms with Gasteiger partial charge in [0.05, 0.1) is 0 Å². The minimum absolute atomic E-state index is 0.626. The summed E-state index contributed by atoms with van der Waals surface area (Å²) in [4.78, 5) is 0. The number of nitrogens with one attached hydrogen (secondary N) is 1. The van der Waals surface area contributed by atoms with E-state index in [1.54, 1.807) is 0 Å². The average Bonchev–Trinajstić information content (AvgIpc) is 2.16. The maximum atomic E-state index is 5.34. The van der Waals surface area contributed by atoms with Gasteiger partial charge < -0.3 is 10.1 Å². The van der Waals surface area contributed by atoms with E-state index in [0.29, 0.717) is 6.04 Å².